The van der Waals surface area contributed by atoms with Crippen LogP contribution in [0.4, 0.5) is 11.4 Å². The van der Waals surface area contributed by atoms with Gasteiger partial charge in [0.2, 0.25) is 17.7 Å². The van der Waals surface area contributed by atoms with Crippen LogP contribution < -0.4 is 21.3 Å². The number of nitrogens with two attached hydrogens (primary N) is 1. The molecular weight excluding hydrogens is 713 g/mol. The summed E-state index contributed by atoms with van der Waals surface area (Å²) in [5, 5.41) is 5.22. The molecule has 0 spiro atoms. The van der Waals surface area contributed by atoms with E-state index in [1.54, 1.807) is 24.3 Å². The number of hydrogen-bond donors (Lipinski definition) is 4. The molecule has 1 aliphatic carbocycles. The van der Waals surface area contributed by atoms with Crippen LogP contribution in [-0.2, 0) is 25.7 Å². The van der Waals surface area contributed by atoms with Crippen LogP contribution in [0, 0.1) is 11.3 Å². The van der Waals surface area contributed by atoms with Crippen LogP contribution in [0.25, 0.3) is 11.0 Å². The quantitative estimate of drug-likeness (QED) is 0.206. The first-order valence-corrected chi connectivity index (χ1v) is 19.8. The molecule has 3 atom stereocenters. The lowest BCUT2D eigenvalue weighted by atomic mass is 9.74. The minimum absolute atomic E-state index is 0.0755. The van der Waals surface area contributed by atoms with Gasteiger partial charge in [0.1, 0.15) is 11.9 Å². The summed E-state index contributed by atoms with van der Waals surface area (Å²) in [5.41, 5.74) is 9.38. The molecule has 14 nitrogen and oxygen atoms in total. The second kappa shape index (κ2) is 15.1. The van der Waals surface area contributed by atoms with Crippen molar-refractivity contribution in [3.05, 3.63) is 77.2 Å². The summed E-state index contributed by atoms with van der Waals surface area (Å²) < 4.78 is 0. The highest BCUT2D eigenvalue weighted by Gasteiger charge is 2.45. The lowest BCUT2D eigenvalue weighted by Crippen LogP contribution is -2.54. The zero-order valence-corrected chi connectivity index (χ0v) is 31.6. The molecule has 5 N–H and O–H groups in total. The van der Waals surface area contributed by atoms with Gasteiger partial charge in [-0.15, -0.1) is 0 Å². The molecule has 2 unspecified atom stereocenters. The van der Waals surface area contributed by atoms with Crippen LogP contribution >= 0.6 is 0 Å². The summed E-state index contributed by atoms with van der Waals surface area (Å²) in [4.78, 5) is 90.3. The molecule has 2 aromatic carbocycles. The number of piperidine rings is 2. The van der Waals surface area contributed by atoms with Gasteiger partial charge < -0.3 is 20.9 Å². The zero-order valence-electron chi connectivity index (χ0n) is 31.6. The average molecular weight is 761 g/mol. The first-order valence-electron chi connectivity index (χ1n) is 19.8. The Kier molecular flexibility index (Phi) is 10.1. The molecule has 14 heteroatoms. The van der Waals surface area contributed by atoms with Gasteiger partial charge in [-0.3, -0.25) is 43.9 Å². The first kappa shape index (κ1) is 37.3. The summed E-state index contributed by atoms with van der Waals surface area (Å²) in [7, 11) is 0. The summed E-state index contributed by atoms with van der Waals surface area (Å²) >= 11 is 0. The number of anilines is 2. The number of carbonyl (C=O) groups is 6. The molecular formula is C42H48N8O6. The molecule has 4 aliphatic heterocycles. The number of nitrogens with zero attached hydrogens (tertiary/aromatic N) is 4. The van der Waals surface area contributed by atoms with Crippen LogP contribution in [0.1, 0.15) is 97.7 Å². The molecule has 5 aliphatic rings. The van der Waals surface area contributed by atoms with Gasteiger partial charge in [-0.1, -0.05) is 31.1 Å². The number of amides is 6. The fourth-order valence-electron chi connectivity index (χ4n) is 9.02. The third-order valence-electron chi connectivity index (χ3n) is 12.5. The number of hydrogen-bond acceptors (Lipinski definition) is 9. The zero-order chi connectivity index (χ0) is 39.1. The predicted octanol–water partition coefficient (Wildman–Crippen LogP) is 4.33. The lowest BCUT2D eigenvalue weighted by Gasteiger charge is -2.34. The maximum absolute atomic E-state index is 13.3. The van der Waals surface area contributed by atoms with Crippen LogP contribution in [0.3, 0.4) is 0 Å². The van der Waals surface area contributed by atoms with E-state index in [4.69, 9.17) is 10.7 Å². The highest BCUT2D eigenvalue weighted by molar-refractivity contribution is 6.23. The van der Waals surface area contributed by atoms with E-state index in [0.29, 0.717) is 36.1 Å². The summed E-state index contributed by atoms with van der Waals surface area (Å²) in [6.45, 7) is 5.65. The number of H-pyrrole nitrogens is 1. The van der Waals surface area contributed by atoms with E-state index in [1.165, 1.54) is 12.8 Å². The van der Waals surface area contributed by atoms with Crippen LogP contribution in [0.15, 0.2) is 60.2 Å². The molecule has 5 heterocycles. The lowest BCUT2D eigenvalue weighted by molar-refractivity contribution is -0.136. The SMILES string of the molecule is C[C@H]1CCCN1Cc1nc2ccc(NC(=O)C3=CCC(CCCC4CCN(c5ccc6c(c5)C(=O)N(C5CCC(=O)NC5=O)C6=O)CC4)(C(N)=O)C=C3)cc2[nH]1. The number of benzene rings is 2. The number of imide groups is 2. The van der Waals surface area contributed by atoms with Gasteiger partial charge in [0.25, 0.3) is 17.7 Å². The Morgan fingerprint density at radius 3 is 2.50 bits per heavy atom. The van der Waals surface area contributed by atoms with E-state index in [2.05, 4.69) is 32.3 Å². The number of nitrogens with one attached hydrogen (secondary N) is 3. The molecule has 292 valence electrons. The van der Waals surface area contributed by atoms with Crippen LogP contribution in [-0.4, -0.2) is 86.9 Å². The Morgan fingerprint density at radius 2 is 1.79 bits per heavy atom. The smallest absolute Gasteiger partial charge is 0.262 e. The van der Waals surface area contributed by atoms with E-state index < -0.39 is 41.0 Å². The minimum atomic E-state index is -0.994. The molecule has 3 saturated heterocycles. The molecule has 8 rings (SSSR count). The largest absolute Gasteiger partial charge is 0.371 e. The van der Waals surface area contributed by atoms with Crippen molar-refractivity contribution >= 4 is 57.9 Å². The summed E-state index contributed by atoms with van der Waals surface area (Å²) in [6.07, 6.45) is 12.5. The summed E-state index contributed by atoms with van der Waals surface area (Å²) in [6, 6.07) is 10.4. The highest BCUT2D eigenvalue weighted by Crippen LogP contribution is 2.38. The molecule has 3 aromatic rings. The molecule has 3 fully saturated rings. The Bertz CT molecular complexity index is 2180. The third kappa shape index (κ3) is 7.25. The van der Waals surface area contributed by atoms with E-state index in [1.807, 2.05) is 30.3 Å². The minimum Gasteiger partial charge on any atom is -0.371 e. The van der Waals surface area contributed by atoms with Crippen molar-refractivity contribution in [3.63, 3.8) is 0 Å². The van der Waals surface area contributed by atoms with Crippen LogP contribution in [0.2, 0.25) is 0 Å². The number of aromatic nitrogens is 2. The Labute approximate surface area is 324 Å². The number of fused-ring (bicyclic) bond motifs is 2. The van der Waals surface area contributed by atoms with Gasteiger partial charge in [-0.25, -0.2) is 4.98 Å². The number of aromatic amines is 1. The number of imidazole rings is 1. The molecule has 0 bridgehead atoms. The van der Waals surface area contributed by atoms with E-state index in [9.17, 15) is 28.8 Å². The Hall–Kier alpha value is -5.63. The second-order valence-electron chi connectivity index (χ2n) is 16.0. The molecule has 1 aromatic heterocycles. The molecule has 56 heavy (non-hydrogen) atoms. The van der Waals surface area contributed by atoms with Gasteiger partial charge >= 0.3 is 0 Å². The van der Waals surface area contributed by atoms with Crippen molar-refractivity contribution in [1.29, 1.82) is 0 Å². The van der Waals surface area contributed by atoms with Crippen molar-refractivity contribution in [2.75, 3.05) is 29.9 Å². The number of rotatable bonds is 11. The predicted molar refractivity (Wildman–Crippen MR) is 209 cm³/mol. The maximum atomic E-state index is 13.3. The number of carbonyl (C=O) groups excluding carboxylic acids is 6. The monoisotopic (exact) mass is 760 g/mol. The van der Waals surface area contributed by atoms with Crippen molar-refractivity contribution in [1.82, 2.24) is 25.1 Å². The fraction of sp³-hybridized carbons (Fsp3) is 0.452. The number of likely N-dealkylation sites (tertiary alicyclic amines) is 1. The molecule has 0 saturated carbocycles. The van der Waals surface area contributed by atoms with Gasteiger partial charge in [-0.05, 0) is 101 Å². The molecule has 0 radical (unpaired) electrons. The van der Waals surface area contributed by atoms with Crippen LogP contribution in [0.5, 0.6) is 0 Å². The third-order valence-corrected chi connectivity index (χ3v) is 12.5. The maximum Gasteiger partial charge on any atom is 0.262 e. The Morgan fingerprint density at radius 1 is 0.982 bits per heavy atom. The van der Waals surface area contributed by atoms with Crippen molar-refractivity contribution in [2.45, 2.75) is 89.8 Å². The van der Waals surface area contributed by atoms with E-state index in [0.717, 1.165) is 79.3 Å². The fourth-order valence-corrected chi connectivity index (χ4v) is 9.02. The van der Waals surface area contributed by atoms with Gasteiger partial charge in [0.15, 0.2) is 0 Å². The highest BCUT2D eigenvalue weighted by atomic mass is 16.2. The van der Waals surface area contributed by atoms with Gasteiger partial charge in [-0.2, -0.15) is 0 Å². The van der Waals surface area contributed by atoms with Crippen molar-refractivity contribution in [2.24, 2.45) is 17.1 Å². The topological polar surface area (TPSA) is 191 Å². The molecule has 6 amide bonds. The van der Waals surface area contributed by atoms with Crippen molar-refractivity contribution in [3.8, 4) is 0 Å². The normalized spacial score (nSPS) is 24.5. The Balaban J connectivity index is 0.814. The average Bonchev–Trinajstić information content (AvgIpc) is 3.86. The van der Waals surface area contributed by atoms with Gasteiger partial charge in [0, 0.05) is 42.5 Å². The number of allylic oxidation sites excluding steroid dienone is 1. The summed E-state index contributed by atoms with van der Waals surface area (Å²) in [5.74, 6) is -1.33. The number of primary amides is 1. The van der Waals surface area contributed by atoms with E-state index in [-0.39, 0.29) is 29.9 Å². The second-order valence-corrected chi connectivity index (χ2v) is 16.0. The standard InChI is InChI=1S/C42H48N8O6/c1-25-4-3-19-49(25)24-35-45-32-9-6-28(22-33(32)46-35)44-37(52)27-12-17-42(18-13-27,41(43)56)16-2-5-26-14-20-48(21-15-26)29-7-8-30-31(23-29)40(55)50(39(30)54)34-10-11-36(51)47-38(34)53/h6-9,12-13,17,22-23,25-26,34H,2-5,10-11,14-16,18-21,24H2,1H3,(H2,43,56)(H,44,52)(H,45,46)(H,47,51,53)/t25-,34?,42?/m0/s1. The van der Waals surface area contributed by atoms with Gasteiger partial charge in [0.05, 0.1) is 34.1 Å². The first-order chi connectivity index (χ1) is 27.0. The van der Waals surface area contributed by atoms with Crippen molar-refractivity contribution < 1.29 is 28.8 Å². The van der Waals surface area contributed by atoms with E-state index >= 15 is 0 Å².